The molecule has 0 spiro atoms. The van der Waals surface area contributed by atoms with E-state index in [4.69, 9.17) is 16.3 Å². The highest BCUT2D eigenvalue weighted by molar-refractivity contribution is 6.30. The first-order chi connectivity index (χ1) is 8.68. The van der Waals surface area contributed by atoms with Crippen LogP contribution in [0.15, 0.2) is 24.4 Å². The van der Waals surface area contributed by atoms with Crippen LogP contribution in [0.1, 0.15) is 16.8 Å². The largest absolute Gasteiger partial charge is 0.476 e. The van der Waals surface area contributed by atoms with Crippen molar-refractivity contribution in [2.45, 2.75) is 20.3 Å². The molecule has 0 unspecified atom stereocenters. The van der Waals surface area contributed by atoms with Crippen LogP contribution >= 0.6 is 11.6 Å². The molecule has 0 aliphatic rings. The summed E-state index contributed by atoms with van der Waals surface area (Å²) in [7, 11) is 0. The van der Waals surface area contributed by atoms with Gasteiger partial charge in [0.15, 0.2) is 5.15 Å². The van der Waals surface area contributed by atoms with Crippen LogP contribution in [0.25, 0.3) is 0 Å². The highest BCUT2D eigenvalue weighted by Gasteiger charge is 2.08. The predicted octanol–water partition coefficient (Wildman–Crippen LogP) is 2.76. The zero-order valence-corrected chi connectivity index (χ0v) is 11.1. The lowest BCUT2D eigenvalue weighted by Gasteiger charge is -2.09. The van der Waals surface area contributed by atoms with Gasteiger partial charge in [0.2, 0.25) is 5.88 Å². The van der Waals surface area contributed by atoms with Crippen molar-refractivity contribution >= 4 is 11.6 Å². The Balaban J connectivity index is 1.97. The minimum absolute atomic E-state index is 0.421. The van der Waals surface area contributed by atoms with E-state index in [1.165, 1.54) is 0 Å². The van der Waals surface area contributed by atoms with Crippen LogP contribution in [0, 0.1) is 13.8 Å². The molecular formula is C13H14ClN3O. The number of nitrogens with zero attached hydrogens (tertiary/aromatic N) is 3. The number of rotatable bonds is 4. The molecule has 0 fully saturated rings. The average molecular weight is 264 g/mol. The molecule has 94 valence electrons. The standard InChI is InChI=1S/C13H14ClN3O/c1-9-10(2)13(17-16-12(9)14)18-8-6-11-5-3-4-7-15-11/h3-5,7H,6,8H2,1-2H3. The molecule has 4 nitrogen and oxygen atoms in total. The fraction of sp³-hybridized carbons (Fsp3) is 0.308. The fourth-order valence-corrected chi connectivity index (χ4v) is 1.67. The normalized spacial score (nSPS) is 10.4. The van der Waals surface area contributed by atoms with Crippen LogP contribution in [-0.2, 0) is 6.42 Å². The molecule has 2 aromatic heterocycles. The monoisotopic (exact) mass is 263 g/mol. The number of ether oxygens (including phenoxy) is 1. The van der Waals surface area contributed by atoms with Gasteiger partial charge < -0.3 is 4.74 Å². The lowest BCUT2D eigenvalue weighted by Crippen LogP contribution is -2.06. The van der Waals surface area contributed by atoms with E-state index in [1.807, 2.05) is 32.0 Å². The van der Waals surface area contributed by atoms with E-state index < -0.39 is 0 Å². The van der Waals surface area contributed by atoms with Gasteiger partial charge in [-0.2, -0.15) is 0 Å². The van der Waals surface area contributed by atoms with Gasteiger partial charge in [-0.15, -0.1) is 10.2 Å². The summed E-state index contributed by atoms with van der Waals surface area (Å²) in [6.07, 6.45) is 2.51. The summed E-state index contributed by atoms with van der Waals surface area (Å²) in [6.45, 7) is 4.34. The molecule has 18 heavy (non-hydrogen) atoms. The van der Waals surface area contributed by atoms with E-state index in [-0.39, 0.29) is 0 Å². The molecule has 0 saturated carbocycles. The third-order valence-electron chi connectivity index (χ3n) is 2.74. The number of aromatic nitrogens is 3. The summed E-state index contributed by atoms with van der Waals surface area (Å²) >= 11 is 5.88. The second-order valence-corrected chi connectivity index (χ2v) is 4.32. The highest BCUT2D eigenvalue weighted by Crippen LogP contribution is 2.22. The van der Waals surface area contributed by atoms with Crippen molar-refractivity contribution in [3.63, 3.8) is 0 Å². The lowest BCUT2D eigenvalue weighted by molar-refractivity contribution is 0.302. The summed E-state index contributed by atoms with van der Waals surface area (Å²) < 4.78 is 5.60. The first-order valence-electron chi connectivity index (χ1n) is 5.70. The van der Waals surface area contributed by atoms with Gasteiger partial charge in [-0.25, -0.2) is 0 Å². The summed E-state index contributed by atoms with van der Waals surface area (Å²) in [5, 5.41) is 8.21. The van der Waals surface area contributed by atoms with Gasteiger partial charge in [0.1, 0.15) is 0 Å². The topological polar surface area (TPSA) is 47.9 Å². The van der Waals surface area contributed by atoms with Gasteiger partial charge in [0, 0.05) is 23.9 Å². The second-order valence-electron chi connectivity index (χ2n) is 3.97. The Labute approximate surface area is 111 Å². The van der Waals surface area contributed by atoms with Gasteiger partial charge >= 0.3 is 0 Å². The molecule has 0 saturated heterocycles. The Morgan fingerprint density at radius 1 is 1.17 bits per heavy atom. The fourth-order valence-electron chi connectivity index (χ4n) is 1.49. The molecule has 0 amide bonds. The molecule has 0 aliphatic carbocycles. The van der Waals surface area contributed by atoms with Crippen molar-refractivity contribution in [1.29, 1.82) is 0 Å². The molecular weight excluding hydrogens is 250 g/mol. The van der Waals surface area contributed by atoms with Gasteiger partial charge in [0.05, 0.1) is 6.61 Å². The van der Waals surface area contributed by atoms with Crippen molar-refractivity contribution in [2.75, 3.05) is 6.61 Å². The van der Waals surface area contributed by atoms with Crippen molar-refractivity contribution in [3.8, 4) is 5.88 Å². The molecule has 0 radical (unpaired) electrons. The van der Waals surface area contributed by atoms with Crippen LogP contribution in [0.5, 0.6) is 5.88 Å². The number of pyridine rings is 1. The maximum atomic E-state index is 5.88. The SMILES string of the molecule is Cc1c(Cl)nnc(OCCc2ccccn2)c1C. The molecule has 0 aliphatic heterocycles. The smallest absolute Gasteiger partial charge is 0.236 e. The minimum atomic E-state index is 0.421. The van der Waals surface area contributed by atoms with Gasteiger partial charge in [-0.3, -0.25) is 4.98 Å². The first-order valence-corrected chi connectivity index (χ1v) is 6.08. The van der Waals surface area contributed by atoms with E-state index in [9.17, 15) is 0 Å². The number of hydrogen-bond acceptors (Lipinski definition) is 4. The Morgan fingerprint density at radius 3 is 2.72 bits per heavy atom. The summed E-state index contributed by atoms with van der Waals surface area (Å²) in [4.78, 5) is 4.23. The van der Waals surface area contributed by atoms with Crippen LogP contribution in [0.3, 0.4) is 0 Å². The zero-order chi connectivity index (χ0) is 13.0. The van der Waals surface area contributed by atoms with Crippen LogP contribution in [0.2, 0.25) is 5.15 Å². The number of hydrogen-bond donors (Lipinski definition) is 0. The van der Waals surface area contributed by atoms with Crippen molar-refractivity contribution in [3.05, 3.63) is 46.4 Å². The number of halogens is 1. The molecule has 2 heterocycles. The van der Waals surface area contributed by atoms with E-state index in [0.717, 1.165) is 23.2 Å². The third kappa shape index (κ3) is 2.96. The molecule has 0 atom stereocenters. The summed E-state index contributed by atoms with van der Waals surface area (Å²) in [5.74, 6) is 0.535. The Bertz CT molecular complexity index is 531. The van der Waals surface area contributed by atoms with Crippen molar-refractivity contribution in [2.24, 2.45) is 0 Å². The van der Waals surface area contributed by atoms with Gasteiger partial charge in [-0.05, 0) is 31.5 Å². The molecule has 0 bridgehead atoms. The minimum Gasteiger partial charge on any atom is -0.476 e. The Morgan fingerprint density at radius 2 is 2.00 bits per heavy atom. The maximum Gasteiger partial charge on any atom is 0.236 e. The average Bonchev–Trinajstić information content (AvgIpc) is 2.40. The summed E-state index contributed by atoms with van der Waals surface area (Å²) in [5.41, 5.74) is 2.82. The van der Waals surface area contributed by atoms with Crippen molar-refractivity contribution in [1.82, 2.24) is 15.2 Å². The summed E-state index contributed by atoms with van der Waals surface area (Å²) in [6, 6.07) is 5.82. The maximum absolute atomic E-state index is 5.88. The van der Waals surface area contributed by atoms with Gasteiger partial charge in [-0.1, -0.05) is 17.7 Å². The van der Waals surface area contributed by atoms with E-state index in [0.29, 0.717) is 17.6 Å². The first kappa shape index (κ1) is 12.8. The van der Waals surface area contributed by atoms with Crippen LogP contribution in [0.4, 0.5) is 0 Å². The molecule has 0 N–H and O–H groups in total. The Hall–Kier alpha value is -1.68. The predicted molar refractivity (Wildman–Crippen MR) is 70.0 cm³/mol. The lowest BCUT2D eigenvalue weighted by atomic mass is 10.2. The zero-order valence-electron chi connectivity index (χ0n) is 10.4. The second kappa shape index (κ2) is 5.78. The van der Waals surface area contributed by atoms with Crippen LogP contribution < -0.4 is 4.74 Å². The van der Waals surface area contributed by atoms with Crippen molar-refractivity contribution < 1.29 is 4.74 Å². The Kier molecular flexibility index (Phi) is 4.10. The van der Waals surface area contributed by atoms with Gasteiger partial charge in [0.25, 0.3) is 0 Å². The van der Waals surface area contributed by atoms with E-state index >= 15 is 0 Å². The quantitative estimate of drug-likeness (QED) is 0.851. The van der Waals surface area contributed by atoms with E-state index in [2.05, 4.69) is 15.2 Å². The van der Waals surface area contributed by atoms with E-state index in [1.54, 1.807) is 6.20 Å². The molecule has 5 heteroatoms. The molecule has 0 aromatic carbocycles. The third-order valence-corrected chi connectivity index (χ3v) is 3.10. The molecule has 2 aromatic rings. The highest BCUT2D eigenvalue weighted by atomic mass is 35.5. The van der Waals surface area contributed by atoms with Crippen LogP contribution in [-0.4, -0.2) is 21.8 Å². The molecule has 2 rings (SSSR count).